The number of oxazole rings is 1. The van der Waals surface area contributed by atoms with Gasteiger partial charge in [-0.2, -0.15) is 4.98 Å². The molecule has 1 fully saturated rings. The summed E-state index contributed by atoms with van der Waals surface area (Å²) >= 11 is 0. The molecule has 1 saturated heterocycles. The highest BCUT2D eigenvalue weighted by Crippen LogP contribution is 2.24. The van der Waals surface area contributed by atoms with Crippen molar-refractivity contribution in [3.8, 4) is 0 Å². The highest BCUT2D eigenvalue weighted by molar-refractivity contribution is 5.77. The zero-order chi connectivity index (χ0) is 14.8. The molecule has 0 saturated carbocycles. The maximum Gasteiger partial charge on any atom is 0.295 e. The van der Waals surface area contributed by atoms with E-state index in [9.17, 15) is 10.1 Å². The quantitative estimate of drug-likeness (QED) is 0.672. The summed E-state index contributed by atoms with van der Waals surface area (Å²) in [5.74, 6) is 0.592. The summed E-state index contributed by atoms with van der Waals surface area (Å²) < 4.78 is 5.56. The molecule has 2 heterocycles. The summed E-state index contributed by atoms with van der Waals surface area (Å²) in [6, 6.07) is 4.87. The second kappa shape index (κ2) is 5.69. The number of hydrogen-bond donors (Lipinski definition) is 1. The Hall–Kier alpha value is -2.15. The third kappa shape index (κ3) is 2.97. The largest absolute Gasteiger partial charge is 0.424 e. The molecular weight excluding hydrogens is 272 g/mol. The van der Waals surface area contributed by atoms with Crippen molar-refractivity contribution in [2.45, 2.75) is 13.3 Å². The van der Waals surface area contributed by atoms with Crippen LogP contribution in [-0.2, 0) is 0 Å². The fourth-order valence-electron chi connectivity index (χ4n) is 2.70. The first-order valence-electron chi connectivity index (χ1n) is 7.17. The van der Waals surface area contributed by atoms with Gasteiger partial charge in [0.1, 0.15) is 5.52 Å². The molecule has 1 N–H and O–H groups in total. The van der Waals surface area contributed by atoms with Crippen molar-refractivity contribution < 1.29 is 9.34 Å². The normalized spacial score (nSPS) is 19.2. The van der Waals surface area contributed by atoms with Gasteiger partial charge in [-0.15, -0.1) is 0 Å². The van der Waals surface area contributed by atoms with Crippen LogP contribution in [0.3, 0.4) is 0 Å². The molecule has 0 spiro atoms. The lowest BCUT2D eigenvalue weighted by Gasteiger charge is -2.12. The van der Waals surface area contributed by atoms with Crippen molar-refractivity contribution in [1.82, 2.24) is 9.88 Å². The van der Waals surface area contributed by atoms with Crippen LogP contribution in [-0.4, -0.2) is 41.0 Å². The number of rotatable bonds is 5. The molecule has 2 aromatic rings. The van der Waals surface area contributed by atoms with Gasteiger partial charge in [0.15, 0.2) is 5.58 Å². The standard InChI is InChI=1S/C14H18N4O3/c1-2-17-6-5-10(9-17)8-15-14-16-12-7-11(18(19)20)3-4-13(12)21-14/h3-4,7,10H,2,5-6,8-9H2,1H3,(H,15,16). The van der Waals surface area contributed by atoms with Crippen LogP contribution < -0.4 is 5.32 Å². The molecule has 1 atom stereocenters. The summed E-state index contributed by atoms with van der Waals surface area (Å²) in [4.78, 5) is 17.0. The predicted molar refractivity (Wildman–Crippen MR) is 79.4 cm³/mol. The Balaban J connectivity index is 1.66. The van der Waals surface area contributed by atoms with Crippen molar-refractivity contribution >= 4 is 22.8 Å². The number of benzene rings is 1. The van der Waals surface area contributed by atoms with Crippen molar-refractivity contribution in [3.63, 3.8) is 0 Å². The number of nitro groups is 1. The first-order valence-corrected chi connectivity index (χ1v) is 7.17. The average Bonchev–Trinajstić information content (AvgIpc) is 3.10. The van der Waals surface area contributed by atoms with Gasteiger partial charge in [-0.3, -0.25) is 10.1 Å². The topological polar surface area (TPSA) is 84.4 Å². The maximum absolute atomic E-state index is 10.7. The second-order valence-corrected chi connectivity index (χ2v) is 5.36. The number of nitro benzene ring substituents is 1. The number of nitrogens with zero attached hydrogens (tertiary/aromatic N) is 3. The van der Waals surface area contributed by atoms with Crippen molar-refractivity contribution in [3.05, 3.63) is 28.3 Å². The van der Waals surface area contributed by atoms with Gasteiger partial charge in [-0.1, -0.05) is 6.92 Å². The minimum Gasteiger partial charge on any atom is -0.424 e. The lowest BCUT2D eigenvalue weighted by atomic mass is 10.1. The Kier molecular flexibility index (Phi) is 3.74. The zero-order valence-electron chi connectivity index (χ0n) is 11.9. The average molecular weight is 290 g/mol. The van der Waals surface area contributed by atoms with Gasteiger partial charge in [0, 0.05) is 25.2 Å². The molecule has 7 heteroatoms. The first-order chi connectivity index (χ1) is 10.2. The molecule has 0 aliphatic carbocycles. The van der Waals surface area contributed by atoms with Gasteiger partial charge in [0.25, 0.3) is 11.7 Å². The fourth-order valence-corrected chi connectivity index (χ4v) is 2.70. The van der Waals surface area contributed by atoms with E-state index < -0.39 is 4.92 Å². The third-order valence-electron chi connectivity index (χ3n) is 3.94. The number of non-ortho nitro benzene ring substituents is 1. The Labute approximate surface area is 122 Å². The van der Waals surface area contributed by atoms with E-state index in [1.807, 2.05) is 0 Å². The number of anilines is 1. The molecule has 0 radical (unpaired) electrons. The van der Waals surface area contributed by atoms with Gasteiger partial charge in [-0.05, 0) is 31.5 Å². The molecule has 112 valence electrons. The van der Waals surface area contributed by atoms with E-state index in [4.69, 9.17) is 4.42 Å². The van der Waals surface area contributed by atoms with E-state index in [2.05, 4.69) is 22.1 Å². The number of fused-ring (bicyclic) bond motifs is 1. The van der Waals surface area contributed by atoms with E-state index in [1.165, 1.54) is 18.6 Å². The van der Waals surface area contributed by atoms with Crippen molar-refractivity contribution in [1.29, 1.82) is 0 Å². The molecule has 3 rings (SSSR count). The lowest BCUT2D eigenvalue weighted by molar-refractivity contribution is -0.384. The van der Waals surface area contributed by atoms with E-state index in [-0.39, 0.29) is 5.69 Å². The van der Waals surface area contributed by atoms with Crippen molar-refractivity contribution in [2.24, 2.45) is 5.92 Å². The molecular formula is C14H18N4O3. The van der Waals surface area contributed by atoms with E-state index >= 15 is 0 Å². The lowest BCUT2D eigenvalue weighted by Crippen LogP contribution is -2.22. The summed E-state index contributed by atoms with van der Waals surface area (Å²) in [6.07, 6.45) is 1.17. The van der Waals surface area contributed by atoms with Gasteiger partial charge >= 0.3 is 0 Å². The number of likely N-dealkylation sites (tertiary alicyclic amines) is 1. The molecule has 1 aromatic heterocycles. The summed E-state index contributed by atoms with van der Waals surface area (Å²) in [5, 5.41) is 13.9. The number of hydrogen-bond acceptors (Lipinski definition) is 6. The van der Waals surface area contributed by atoms with E-state index in [0.717, 1.165) is 26.2 Å². The van der Waals surface area contributed by atoms with Gasteiger partial charge < -0.3 is 14.6 Å². The maximum atomic E-state index is 10.7. The first kappa shape index (κ1) is 13.8. The van der Waals surface area contributed by atoms with Crippen LogP contribution in [0.5, 0.6) is 0 Å². The minimum absolute atomic E-state index is 0.0248. The Morgan fingerprint density at radius 3 is 3.14 bits per heavy atom. The second-order valence-electron chi connectivity index (χ2n) is 5.36. The van der Waals surface area contributed by atoms with Crippen LogP contribution in [0.15, 0.2) is 22.6 Å². The summed E-state index contributed by atoms with van der Waals surface area (Å²) in [7, 11) is 0. The van der Waals surface area contributed by atoms with Gasteiger partial charge in [0.05, 0.1) is 4.92 Å². The Morgan fingerprint density at radius 1 is 1.57 bits per heavy atom. The minimum atomic E-state index is -0.431. The monoisotopic (exact) mass is 290 g/mol. The summed E-state index contributed by atoms with van der Waals surface area (Å²) in [6.45, 7) is 6.30. The van der Waals surface area contributed by atoms with Crippen LogP contribution in [0.25, 0.3) is 11.1 Å². The molecule has 1 aromatic carbocycles. The Morgan fingerprint density at radius 2 is 2.43 bits per heavy atom. The molecule has 1 aliphatic heterocycles. The smallest absolute Gasteiger partial charge is 0.295 e. The van der Waals surface area contributed by atoms with Crippen LogP contribution in [0.2, 0.25) is 0 Å². The van der Waals surface area contributed by atoms with Gasteiger partial charge in [-0.25, -0.2) is 0 Å². The van der Waals surface area contributed by atoms with E-state index in [1.54, 1.807) is 6.07 Å². The molecule has 21 heavy (non-hydrogen) atoms. The zero-order valence-corrected chi connectivity index (χ0v) is 11.9. The van der Waals surface area contributed by atoms with Crippen LogP contribution in [0.4, 0.5) is 11.7 Å². The Bertz CT molecular complexity index is 655. The highest BCUT2D eigenvalue weighted by Gasteiger charge is 2.21. The number of aromatic nitrogens is 1. The molecule has 7 nitrogen and oxygen atoms in total. The van der Waals surface area contributed by atoms with Crippen molar-refractivity contribution in [2.75, 3.05) is 31.5 Å². The SMILES string of the molecule is CCN1CCC(CNc2nc3cc([N+](=O)[O-])ccc3o2)C1. The molecule has 0 bridgehead atoms. The van der Waals surface area contributed by atoms with Gasteiger partial charge in [0.2, 0.25) is 0 Å². The number of nitrogens with one attached hydrogen (secondary N) is 1. The molecule has 1 aliphatic rings. The molecule has 1 unspecified atom stereocenters. The van der Waals surface area contributed by atoms with E-state index in [0.29, 0.717) is 23.0 Å². The van der Waals surface area contributed by atoms with Crippen LogP contribution in [0, 0.1) is 16.0 Å². The predicted octanol–water partition coefficient (Wildman–Crippen LogP) is 2.49. The fraction of sp³-hybridized carbons (Fsp3) is 0.500. The third-order valence-corrected chi connectivity index (χ3v) is 3.94. The summed E-state index contributed by atoms with van der Waals surface area (Å²) in [5.41, 5.74) is 1.09. The molecule has 0 amide bonds. The van der Waals surface area contributed by atoms with Crippen LogP contribution >= 0.6 is 0 Å². The van der Waals surface area contributed by atoms with Crippen LogP contribution in [0.1, 0.15) is 13.3 Å². The highest BCUT2D eigenvalue weighted by atomic mass is 16.6.